The molecule has 2 aromatic rings. The first kappa shape index (κ1) is 14.3. The molecular formula is C17H19N3O2. The lowest BCUT2D eigenvalue weighted by Crippen LogP contribution is -2.44. The molecule has 1 heterocycles. The van der Waals surface area contributed by atoms with Gasteiger partial charge in [-0.1, -0.05) is 12.1 Å². The number of fused-ring (bicyclic) bond motifs is 1. The molecule has 0 spiro atoms. The van der Waals surface area contributed by atoms with Crippen molar-refractivity contribution < 1.29 is 9.53 Å². The van der Waals surface area contributed by atoms with Crippen molar-refractivity contribution in [3.63, 3.8) is 0 Å². The molecule has 0 fully saturated rings. The molecule has 0 saturated heterocycles. The van der Waals surface area contributed by atoms with Crippen LogP contribution in [0.25, 0.3) is 0 Å². The summed E-state index contributed by atoms with van der Waals surface area (Å²) in [6.07, 6.45) is 0. The monoisotopic (exact) mass is 297 g/mol. The summed E-state index contributed by atoms with van der Waals surface area (Å²) < 4.78 is 5.12. The van der Waals surface area contributed by atoms with Crippen LogP contribution in [0.3, 0.4) is 0 Å². The number of benzene rings is 2. The molecule has 0 unspecified atom stereocenters. The third-order valence-corrected chi connectivity index (χ3v) is 3.83. The maximum atomic E-state index is 12.6. The minimum atomic E-state index is -0.120. The van der Waals surface area contributed by atoms with Gasteiger partial charge in [0, 0.05) is 25.8 Å². The van der Waals surface area contributed by atoms with Crippen LogP contribution < -0.4 is 19.9 Å². The fourth-order valence-corrected chi connectivity index (χ4v) is 2.58. The Morgan fingerprint density at radius 3 is 2.41 bits per heavy atom. The van der Waals surface area contributed by atoms with Gasteiger partial charge in [0.25, 0.3) is 0 Å². The summed E-state index contributed by atoms with van der Waals surface area (Å²) in [7, 11) is 3.66. The molecule has 0 atom stereocenters. The Bertz CT molecular complexity index is 670. The van der Waals surface area contributed by atoms with Gasteiger partial charge in [0.2, 0.25) is 0 Å². The van der Waals surface area contributed by atoms with E-state index in [1.807, 2.05) is 55.6 Å². The SMILES string of the molecule is COc1ccc(NC(=O)N2CCN(C)c3ccccc32)cc1. The first-order chi connectivity index (χ1) is 10.7. The Hall–Kier alpha value is -2.69. The average molecular weight is 297 g/mol. The fourth-order valence-electron chi connectivity index (χ4n) is 2.58. The Labute approximate surface area is 130 Å². The molecule has 0 aliphatic carbocycles. The minimum absolute atomic E-state index is 0.120. The molecule has 0 saturated carbocycles. The Kier molecular flexibility index (Phi) is 3.87. The fraction of sp³-hybridized carbons (Fsp3) is 0.235. The quantitative estimate of drug-likeness (QED) is 0.926. The Balaban J connectivity index is 1.79. The number of carbonyl (C=O) groups is 1. The van der Waals surface area contributed by atoms with Crippen molar-refractivity contribution in [2.24, 2.45) is 0 Å². The van der Waals surface area contributed by atoms with Crippen LogP contribution in [0.15, 0.2) is 48.5 Å². The first-order valence-electron chi connectivity index (χ1n) is 7.22. The van der Waals surface area contributed by atoms with Crippen molar-refractivity contribution in [1.29, 1.82) is 0 Å². The number of rotatable bonds is 2. The highest BCUT2D eigenvalue weighted by molar-refractivity contribution is 6.04. The summed E-state index contributed by atoms with van der Waals surface area (Å²) in [5.41, 5.74) is 2.75. The van der Waals surface area contributed by atoms with Gasteiger partial charge in [0.15, 0.2) is 0 Å². The standard InChI is InChI=1S/C17H19N3O2/c1-19-11-12-20(16-6-4-3-5-15(16)19)17(21)18-13-7-9-14(22-2)10-8-13/h3-10H,11-12H2,1-2H3,(H,18,21). The number of likely N-dealkylation sites (N-methyl/N-ethyl adjacent to an activating group) is 1. The number of anilines is 3. The van der Waals surface area contributed by atoms with Crippen LogP contribution in [0.5, 0.6) is 5.75 Å². The van der Waals surface area contributed by atoms with E-state index < -0.39 is 0 Å². The van der Waals surface area contributed by atoms with Gasteiger partial charge in [-0.25, -0.2) is 4.79 Å². The number of nitrogens with one attached hydrogen (secondary N) is 1. The van der Waals surface area contributed by atoms with Crippen molar-refractivity contribution in [2.45, 2.75) is 0 Å². The largest absolute Gasteiger partial charge is 0.497 e. The smallest absolute Gasteiger partial charge is 0.326 e. The molecule has 5 nitrogen and oxygen atoms in total. The van der Waals surface area contributed by atoms with Gasteiger partial charge in [0.1, 0.15) is 5.75 Å². The van der Waals surface area contributed by atoms with E-state index in [2.05, 4.69) is 10.2 Å². The first-order valence-corrected chi connectivity index (χ1v) is 7.22. The van der Waals surface area contributed by atoms with E-state index in [4.69, 9.17) is 4.74 Å². The normalized spacial score (nSPS) is 13.5. The Morgan fingerprint density at radius 1 is 1.05 bits per heavy atom. The summed E-state index contributed by atoms with van der Waals surface area (Å²) in [4.78, 5) is 16.5. The zero-order valence-electron chi connectivity index (χ0n) is 12.7. The van der Waals surface area contributed by atoms with Crippen LogP contribution in [0, 0.1) is 0 Å². The molecule has 1 aliphatic heterocycles. The van der Waals surface area contributed by atoms with E-state index in [-0.39, 0.29) is 6.03 Å². The summed E-state index contributed by atoms with van der Waals surface area (Å²) in [5.74, 6) is 0.767. The lowest BCUT2D eigenvalue weighted by molar-refractivity contribution is 0.257. The lowest BCUT2D eigenvalue weighted by atomic mass is 10.2. The second-order valence-corrected chi connectivity index (χ2v) is 5.22. The number of para-hydroxylation sites is 2. The molecule has 1 aliphatic rings. The van der Waals surface area contributed by atoms with Crippen LogP contribution in [-0.4, -0.2) is 33.3 Å². The molecule has 5 heteroatoms. The number of amides is 2. The molecule has 0 aromatic heterocycles. The van der Waals surface area contributed by atoms with Gasteiger partial charge in [-0.2, -0.15) is 0 Å². The zero-order valence-corrected chi connectivity index (χ0v) is 12.7. The van der Waals surface area contributed by atoms with Crippen LogP contribution in [0.4, 0.5) is 21.9 Å². The van der Waals surface area contributed by atoms with E-state index in [9.17, 15) is 4.79 Å². The molecule has 0 radical (unpaired) electrons. The van der Waals surface area contributed by atoms with Crippen molar-refractivity contribution in [3.05, 3.63) is 48.5 Å². The molecule has 114 valence electrons. The highest BCUT2D eigenvalue weighted by atomic mass is 16.5. The van der Waals surface area contributed by atoms with E-state index in [0.717, 1.165) is 29.4 Å². The molecule has 22 heavy (non-hydrogen) atoms. The van der Waals surface area contributed by atoms with Gasteiger partial charge in [-0.15, -0.1) is 0 Å². The second kappa shape index (κ2) is 5.97. The summed E-state index contributed by atoms with van der Waals surface area (Å²) >= 11 is 0. The molecule has 2 aromatic carbocycles. The van der Waals surface area contributed by atoms with Gasteiger partial charge >= 0.3 is 6.03 Å². The van der Waals surface area contributed by atoms with E-state index in [1.54, 1.807) is 12.0 Å². The van der Waals surface area contributed by atoms with Crippen LogP contribution in [0.2, 0.25) is 0 Å². The zero-order chi connectivity index (χ0) is 15.5. The van der Waals surface area contributed by atoms with Crippen molar-refractivity contribution in [3.8, 4) is 5.75 Å². The van der Waals surface area contributed by atoms with E-state index in [1.165, 1.54) is 0 Å². The predicted molar refractivity (Wildman–Crippen MR) is 89.1 cm³/mol. The van der Waals surface area contributed by atoms with Crippen molar-refractivity contribution in [2.75, 3.05) is 42.4 Å². The van der Waals surface area contributed by atoms with Gasteiger partial charge < -0.3 is 15.0 Å². The number of nitrogens with zero attached hydrogens (tertiary/aromatic N) is 2. The average Bonchev–Trinajstić information content (AvgIpc) is 2.56. The predicted octanol–water partition coefficient (Wildman–Crippen LogP) is 3.18. The summed E-state index contributed by atoms with van der Waals surface area (Å²) in [5, 5.41) is 2.93. The molecule has 1 N–H and O–H groups in total. The maximum Gasteiger partial charge on any atom is 0.326 e. The summed E-state index contributed by atoms with van der Waals surface area (Å²) in [6.45, 7) is 1.47. The second-order valence-electron chi connectivity index (χ2n) is 5.22. The molecule has 2 amide bonds. The minimum Gasteiger partial charge on any atom is -0.497 e. The van der Waals surface area contributed by atoms with Gasteiger partial charge in [-0.3, -0.25) is 4.90 Å². The van der Waals surface area contributed by atoms with Crippen molar-refractivity contribution >= 4 is 23.1 Å². The lowest BCUT2D eigenvalue weighted by Gasteiger charge is -2.35. The third-order valence-electron chi connectivity index (χ3n) is 3.83. The van der Waals surface area contributed by atoms with Crippen molar-refractivity contribution in [1.82, 2.24) is 0 Å². The van der Waals surface area contributed by atoms with Gasteiger partial charge in [0.05, 0.1) is 18.5 Å². The summed E-state index contributed by atoms with van der Waals surface area (Å²) in [6, 6.07) is 15.1. The van der Waals surface area contributed by atoms with E-state index >= 15 is 0 Å². The van der Waals surface area contributed by atoms with Crippen LogP contribution in [-0.2, 0) is 0 Å². The Morgan fingerprint density at radius 2 is 1.73 bits per heavy atom. The molecule has 0 bridgehead atoms. The number of carbonyl (C=O) groups excluding carboxylic acids is 1. The maximum absolute atomic E-state index is 12.6. The van der Waals surface area contributed by atoms with Crippen LogP contribution in [0.1, 0.15) is 0 Å². The third kappa shape index (κ3) is 2.70. The number of methoxy groups -OCH3 is 1. The van der Waals surface area contributed by atoms with E-state index in [0.29, 0.717) is 6.54 Å². The van der Waals surface area contributed by atoms with Gasteiger partial charge in [-0.05, 0) is 36.4 Å². The van der Waals surface area contributed by atoms with Crippen LogP contribution >= 0.6 is 0 Å². The topological polar surface area (TPSA) is 44.8 Å². The number of urea groups is 1. The highest BCUT2D eigenvalue weighted by Gasteiger charge is 2.24. The highest BCUT2D eigenvalue weighted by Crippen LogP contribution is 2.32. The number of ether oxygens (including phenoxy) is 1. The number of hydrogen-bond donors (Lipinski definition) is 1. The number of hydrogen-bond acceptors (Lipinski definition) is 3. The molecule has 3 rings (SSSR count). The molecular weight excluding hydrogens is 278 g/mol.